The number of hydrogen-bond donors (Lipinski definition) is 0. The standard InChI is InChI=1S/C25H23N3O3S/c1-13(2)10-19-26-27-25(32-19)28-21(16-8-6-5-7-9-16)20-22(29)17-11-14(3)15(4)12-18(17)31-23(20)24(28)30/h5-9,11-13,21H,10H2,1-4H3/t21-/m0/s1. The molecule has 0 bridgehead atoms. The van der Waals surface area contributed by atoms with Crippen LogP contribution < -0.4 is 10.3 Å². The molecule has 2 aromatic carbocycles. The normalized spacial score (nSPS) is 15.7. The molecule has 5 rings (SSSR count). The van der Waals surface area contributed by atoms with Gasteiger partial charge in [-0.25, -0.2) is 0 Å². The van der Waals surface area contributed by atoms with E-state index in [1.54, 1.807) is 4.90 Å². The summed E-state index contributed by atoms with van der Waals surface area (Å²) in [6, 6.07) is 12.6. The van der Waals surface area contributed by atoms with Gasteiger partial charge >= 0.3 is 0 Å². The molecule has 32 heavy (non-hydrogen) atoms. The van der Waals surface area contributed by atoms with E-state index in [0.29, 0.717) is 27.6 Å². The largest absolute Gasteiger partial charge is 0.450 e. The molecule has 0 aliphatic carbocycles. The minimum Gasteiger partial charge on any atom is -0.450 e. The third-order valence-electron chi connectivity index (χ3n) is 5.85. The van der Waals surface area contributed by atoms with Crippen molar-refractivity contribution in [2.75, 3.05) is 4.90 Å². The van der Waals surface area contributed by atoms with Crippen LogP contribution in [0.25, 0.3) is 11.0 Å². The zero-order valence-corrected chi connectivity index (χ0v) is 19.2. The molecule has 2 aromatic heterocycles. The molecule has 0 saturated heterocycles. The van der Waals surface area contributed by atoms with Crippen molar-refractivity contribution in [3.05, 3.63) is 85.7 Å². The van der Waals surface area contributed by atoms with Gasteiger partial charge in [-0.3, -0.25) is 14.5 Å². The van der Waals surface area contributed by atoms with Crippen LogP contribution in [0.4, 0.5) is 5.13 Å². The van der Waals surface area contributed by atoms with E-state index >= 15 is 0 Å². The van der Waals surface area contributed by atoms with Gasteiger partial charge in [-0.15, -0.1) is 10.2 Å². The monoisotopic (exact) mass is 445 g/mol. The first kappa shape index (κ1) is 20.6. The second-order valence-corrected chi connectivity index (χ2v) is 9.71. The SMILES string of the molecule is Cc1cc2oc3c(c(=O)c2cc1C)[C@H](c1ccccc1)N(c1nnc(CC(C)C)s1)C3=O. The second kappa shape index (κ2) is 7.67. The summed E-state index contributed by atoms with van der Waals surface area (Å²) in [5.41, 5.74) is 3.44. The van der Waals surface area contributed by atoms with Crippen LogP contribution >= 0.6 is 11.3 Å². The lowest BCUT2D eigenvalue weighted by molar-refractivity contribution is 0.0970. The molecule has 1 amide bonds. The van der Waals surface area contributed by atoms with Crippen molar-refractivity contribution in [1.29, 1.82) is 0 Å². The number of amides is 1. The van der Waals surface area contributed by atoms with Gasteiger partial charge in [0.15, 0.2) is 5.43 Å². The highest BCUT2D eigenvalue weighted by atomic mass is 32.1. The summed E-state index contributed by atoms with van der Waals surface area (Å²) in [6.07, 6.45) is 0.780. The molecule has 4 aromatic rings. The average Bonchev–Trinajstić information content (AvgIpc) is 3.32. The Morgan fingerprint density at radius 1 is 1.06 bits per heavy atom. The number of hydrogen-bond acceptors (Lipinski definition) is 6. The fourth-order valence-corrected chi connectivity index (χ4v) is 5.23. The molecule has 0 saturated carbocycles. The van der Waals surface area contributed by atoms with Crippen molar-refractivity contribution in [2.45, 2.75) is 40.2 Å². The van der Waals surface area contributed by atoms with E-state index in [0.717, 1.165) is 28.1 Å². The minimum absolute atomic E-state index is 0.0835. The lowest BCUT2D eigenvalue weighted by Gasteiger charge is -2.22. The van der Waals surface area contributed by atoms with Gasteiger partial charge in [0.05, 0.1) is 17.0 Å². The molecule has 162 valence electrons. The van der Waals surface area contributed by atoms with E-state index in [-0.39, 0.29) is 17.1 Å². The Hall–Kier alpha value is -3.32. The first-order valence-electron chi connectivity index (χ1n) is 10.6. The molecule has 1 atom stereocenters. The molecular weight excluding hydrogens is 422 g/mol. The van der Waals surface area contributed by atoms with Crippen LogP contribution in [-0.4, -0.2) is 16.1 Å². The third kappa shape index (κ3) is 3.24. The van der Waals surface area contributed by atoms with E-state index in [1.807, 2.05) is 56.3 Å². The highest BCUT2D eigenvalue weighted by Crippen LogP contribution is 2.42. The number of carbonyl (C=O) groups is 1. The fraction of sp³-hybridized carbons (Fsp3) is 0.280. The van der Waals surface area contributed by atoms with E-state index in [1.165, 1.54) is 11.3 Å². The number of rotatable bonds is 4. The maximum absolute atomic E-state index is 13.7. The number of anilines is 1. The molecule has 3 heterocycles. The van der Waals surface area contributed by atoms with E-state index in [4.69, 9.17) is 4.42 Å². The third-order valence-corrected chi connectivity index (χ3v) is 6.79. The summed E-state index contributed by atoms with van der Waals surface area (Å²) in [6.45, 7) is 8.15. The molecular formula is C25H23N3O3S. The van der Waals surface area contributed by atoms with Crippen LogP contribution in [0.15, 0.2) is 51.7 Å². The van der Waals surface area contributed by atoms with E-state index in [2.05, 4.69) is 24.0 Å². The Morgan fingerprint density at radius 3 is 2.50 bits per heavy atom. The van der Waals surface area contributed by atoms with Gasteiger partial charge < -0.3 is 4.42 Å². The molecule has 6 nitrogen and oxygen atoms in total. The van der Waals surface area contributed by atoms with Gasteiger partial charge in [0.25, 0.3) is 5.91 Å². The van der Waals surface area contributed by atoms with Gasteiger partial charge in [0.1, 0.15) is 10.6 Å². The summed E-state index contributed by atoms with van der Waals surface area (Å²) in [5, 5.41) is 10.4. The molecule has 0 unspecified atom stereocenters. The van der Waals surface area contributed by atoms with Crippen molar-refractivity contribution in [2.24, 2.45) is 5.92 Å². The van der Waals surface area contributed by atoms with Gasteiger partial charge in [-0.1, -0.05) is 55.5 Å². The molecule has 0 fully saturated rings. The van der Waals surface area contributed by atoms with Gasteiger partial charge in [-0.05, 0) is 48.6 Å². The Bertz CT molecular complexity index is 1410. The number of benzene rings is 2. The lowest BCUT2D eigenvalue weighted by atomic mass is 9.98. The number of nitrogens with zero attached hydrogens (tertiary/aromatic N) is 3. The van der Waals surface area contributed by atoms with Crippen LogP contribution in [0.1, 0.15) is 57.7 Å². The van der Waals surface area contributed by atoms with Gasteiger partial charge in [0, 0.05) is 6.42 Å². The van der Waals surface area contributed by atoms with Crippen molar-refractivity contribution >= 4 is 33.3 Å². The Kier molecular flexibility index (Phi) is 4.93. The molecule has 0 radical (unpaired) electrons. The van der Waals surface area contributed by atoms with Crippen molar-refractivity contribution in [3.63, 3.8) is 0 Å². The Labute approximate surface area is 189 Å². The van der Waals surface area contributed by atoms with Crippen LogP contribution in [0, 0.1) is 19.8 Å². The van der Waals surface area contributed by atoms with E-state index < -0.39 is 6.04 Å². The summed E-state index contributed by atoms with van der Waals surface area (Å²) < 4.78 is 6.07. The lowest BCUT2D eigenvalue weighted by Crippen LogP contribution is -2.29. The predicted molar refractivity (Wildman–Crippen MR) is 126 cm³/mol. The maximum atomic E-state index is 13.7. The molecule has 0 N–H and O–H groups in total. The van der Waals surface area contributed by atoms with Gasteiger partial charge in [0.2, 0.25) is 10.9 Å². The van der Waals surface area contributed by atoms with Crippen molar-refractivity contribution in [1.82, 2.24) is 10.2 Å². The van der Waals surface area contributed by atoms with Crippen LogP contribution in [0.5, 0.6) is 0 Å². The van der Waals surface area contributed by atoms with Crippen LogP contribution in [0.3, 0.4) is 0 Å². The maximum Gasteiger partial charge on any atom is 0.297 e. The number of carbonyl (C=O) groups excluding carboxylic acids is 1. The highest BCUT2D eigenvalue weighted by Gasteiger charge is 2.45. The minimum atomic E-state index is -0.610. The van der Waals surface area contributed by atoms with Gasteiger partial charge in [-0.2, -0.15) is 0 Å². The van der Waals surface area contributed by atoms with Crippen LogP contribution in [-0.2, 0) is 6.42 Å². The van der Waals surface area contributed by atoms with Crippen molar-refractivity contribution in [3.8, 4) is 0 Å². The predicted octanol–water partition coefficient (Wildman–Crippen LogP) is 5.21. The molecule has 1 aliphatic rings. The molecule has 1 aliphatic heterocycles. The number of aryl methyl sites for hydroxylation is 2. The quantitative estimate of drug-likeness (QED) is 0.431. The highest BCUT2D eigenvalue weighted by molar-refractivity contribution is 7.15. The first-order chi connectivity index (χ1) is 15.3. The summed E-state index contributed by atoms with van der Waals surface area (Å²) >= 11 is 1.39. The Morgan fingerprint density at radius 2 is 1.78 bits per heavy atom. The first-order valence-corrected chi connectivity index (χ1v) is 11.5. The topological polar surface area (TPSA) is 76.3 Å². The zero-order valence-electron chi connectivity index (χ0n) is 18.4. The molecule has 0 spiro atoms. The Balaban J connectivity index is 1.75. The summed E-state index contributed by atoms with van der Waals surface area (Å²) in [5.74, 6) is 0.144. The molecule has 7 heteroatoms. The fourth-order valence-electron chi connectivity index (χ4n) is 4.15. The summed E-state index contributed by atoms with van der Waals surface area (Å²) in [7, 11) is 0. The smallest absolute Gasteiger partial charge is 0.297 e. The van der Waals surface area contributed by atoms with Crippen LogP contribution in [0.2, 0.25) is 0 Å². The average molecular weight is 446 g/mol. The second-order valence-electron chi connectivity index (χ2n) is 8.67. The zero-order chi connectivity index (χ0) is 22.6. The summed E-state index contributed by atoms with van der Waals surface area (Å²) in [4.78, 5) is 28.8. The number of aromatic nitrogens is 2. The number of fused-ring (bicyclic) bond motifs is 2. The van der Waals surface area contributed by atoms with Crippen molar-refractivity contribution < 1.29 is 9.21 Å². The van der Waals surface area contributed by atoms with E-state index in [9.17, 15) is 9.59 Å².